The summed E-state index contributed by atoms with van der Waals surface area (Å²) in [5.41, 5.74) is 7.23. The Bertz CT molecular complexity index is 348. The van der Waals surface area contributed by atoms with E-state index in [4.69, 9.17) is 5.73 Å². The summed E-state index contributed by atoms with van der Waals surface area (Å²) in [4.78, 5) is 2.31. The minimum absolute atomic E-state index is 0.207. The second kappa shape index (κ2) is 6.72. The van der Waals surface area contributed by atoms with E-state index in [1.807, 2.05) is 12.1 Å². The lowest BCUT2D eigenvalue weighted by molar-refractivity contribution is 0.221. The van der Waals surface area contributed by atoms with Gasteiger partial charge in [0.15, 0.2) is 0 Å². The van der Waals surface area contributed by atoms with Crippen molar-refractivity contribution in [2.45, 2.75) is 45.8 Å². The van der Waals surface area contributed by atoms with E-state index < -0.39 is 0 Å². The first kappa shape index (κ1) is 14.1. The monoisotopic (exact) mass is 238 g/mol. The van der Waals surface area contributed by atoms with Gasteiger partial charge in [-0.3, -0.25) is 4.90 Å². The minimum Gasteiger partial charge on any atom is -0.326 e. The number of nitrogens with two attached hydrogens (primary N) is 1. The fourth-order valence-electron chi connectivity index (χ4n) is 2.21. The Morgan fingerprint density at radius 3 is 2.47 bits per heavy atom. The quantitative estimate of drug-likeness (QED) is 0.825. The Hall–Kier alpha value is -0.930. The van der Waals surface area contributed by atoms with Gasteiger partial charge in [-0.15, -0.1) is 0 Å². The molecule has 3 heteroatoms. The van der Waals surface area contributed by atoms with Gasteiger partial charge in [0.25, 0.3) is 0 Å². The first-order valence-corrected chi connectivity index (χ1v) is 6.29. The van der Waals surface area contributed by atoms with E-state index in [1.54, 1.807) is 0 Å². The van der Waals surface area contributed by atoms with Crippen molar-refractivity contribution >= 4 is 0 Å². The topological polar surface area (TPSA) is 29.3 Å². The van der Waals surface area contributed by atoms with Crippen LogP contribution in [0.3, 0.4) is 0 Å². The third-order valence-corrected chi connectivity index (χ3v) is 3.33. The lowest BCUT2D eigenvalue weighted by atomic mass is 10.1. The first-order valence-electron chi connectivity index (χ1n) is 6.29. The Kier molecular flexibility index (Phi) is 5.59. The molecule has 0 fully saturated rings. The molecule has 1 aromatic carbocycles. The summed E-state index contributed by atoms with van der Waals surface area (Å²) < 4.78 is 13.3. The predicted octanol–water partition coefficient (Wildman–Crippen LogP) is 2.90. The summed E-state index contributed by atoms with van der Waals surface area (Å²) in [5.74, 6) is -0.207. The molecule has 0 unspecified atom stereocenters. The molecule has 1 rings (SSSR count). The smallest absolute Gasteiger partial charge is 0.127 e. The van der Waals surface area contributed by atoms with Crippen molar-refractivity contribution < 1.29 is 4.39 Å². The van der Waals surface area contributed by atoms with Crippen LogP contribution < -0.4 is 5.73 Å². The van der Waals surface area contributed by atoms with Crippen LogP contribution >= 0.6 is 0 Å². The molecule has 1 aromatic rings. The van der Waals surface area contributed by atoms with Crippen LogP contribution in [0.4, 0.5) is 4.39 Å². The van der Waals surface area contributed by atoms with Crippen molar-refractivity contribution in [2.24, 2.45) is 5.73 Å². The molecule has 17 heavy (non-hydrogen) atoms. The van der Waals surface area contributed by atoms with E-state index in [0.29, 0.717) is 11.6 Å². The van der Waals surface area contributed by atoms with Gasteiger partial charge < -0.3 is 5.73 Å². The highest BCUT2D eigenvalue weighted by atomic mass is 19.1. The van der Waals surface area contributed by atoms with Crippen molar-refractivity contribution in [3.63, 3.8) is 0 Å². The molecule has 0 aliphatic heterocycles. The molecule has 96 valence electrons. The van der Waals surface area contributed by atoms with E-state index in [0.717, 1.165) is 24.9 Å². The summed E-state index contributed by atoms with van der Waals surface area (Å²) in [6, 6.07) is 5.81. The van der Waals surface area contributed by atoms with Crippen LogP contribution in [0, 0.1) is 5.82 Å². The van der Waals surface area contributed by atoms with E-state index >= 15 is 0 Å². The number of rotatable bonds is 6. The first-order chi connectivity index (χ1) is 8.12. The number of nitrogens with zero attached hydrogens (tertiary/aromatic N) is 1. The van der Waals surface area contributed by atoms with Gasteiger partial charge in [-0.05, 0) is 31.5 Å². The maximum absolute atomic E-state index is 13.3. The van der Waals surface area contributed by atoms with Crippen molar-refractivity contribution in [2.75, 3.05) is 7.05 Å². The molecule has 0 amide bonds. The van der Waals surface area contributed by atoms with Crippen LogP contribution in [-0.2, 0) is 13.1 Å². The largest absolute Gasteiger partial charge is 0.326 e. The zero-order chi connectivity index (χ0) is 12.8. The second-order valence-corrected chi connectivity index (χ2v) is 4.52. The molecular weight excluding hydrogens is 215 g/mol. The molecule has 0 aromatic heterocycles. The standard InChI is InChI=1S/C14H23FN2/c1-4-13(5-2)17(3)10-11-6-7-14(15)12(8-11)9-16/h6-8,13H,4-5,9-10,16H2,1-3H3. The van der Waals surface area contributed by atoms with E-state index in [-0.39, 0.29) is 12.4 Å². The molecule has 2 nitrogen and oxygen atoms in total. The van der Waals surface area contributed by atoms with Crippen molar-refractivity contribution in [1.82, 2.24) is 4.90 Å². The summed E-state index contributed by atoms with van der Waals surface area (Å²) in [6.45, 7) is 5.50. The van der Waals surface area contributed by atoms with Crippen LogP contribution in [0.5, 0.6) is 0 Å². The van der Waals surface area contributed by atoms with Crippen molar-refractivity contribution in [3.8, 4) is 0 Å². The van der Waals surface area contributed by atoms with Crippen LogP contribution in [0.2, 0.25) is 0 Å². The van der Waals surface area contributed by atoms with E-state index in [1.165, 1.54) is 6.07 Å². The highest BCUT2D eigenvalue weighted by molar-refractivity contribution is 5.25. The maximum Gasteiger partial charge on any atom is 0.127 e. The normalized spacial score (nSPS) is 11.5. The molecule has 0 saturated heterocycles. The zero-order valence-electron chi connectivity index (χ0n) is 11.0. The molecule has 0 heterocycles. The lowest BCUT2D eigenvalue weighted by Gasteiger charge is -2.26. The average molecular weight is 238 g/mol. The SMILES string of the molecule is CCC(CC)N(C)Cc1ccc(F)c(CN)c1. The van der Waals surface area contributed by atoms with Crippen LogP contribution in [0.15, 0.2) is 18.2 Å². The third-order valence-electron chi connectivity index (χ3n) is 3.33. The molecular formula is C14H23FN2. The van der Waals surface area contributed by atoms with Crippen molar-refractivity contribution in [1.29, 1.82) is 0 Å². The highest BCUT2D eigenvalue weighted by Gasteiger charge is 2.11. The van der Waals surface area contributed by atoms with Gasteiger partial charge in [-0.2, -0.15) is 0 Å². The summed E-state index contributed by atoms with van der Waals surface area (Å²) in [7, 11) is 2.11. The van der Waals surface area contributed by atoms with Gasteiger partial charge in [0.1, 0.15) is 5.82 Å². The van der Waals surface area contributed by atoms with Crippen LogP contribution in [-0.4, -0.2) is 18.0 Å². The Labute approximate surface area is 104 Å². The molecule has 0 radical (unpaired) electrons. The summed E-state index contributed by atoms with van der Waals surface area (Å²) >= 11 is 0. The van der Waals surface area contributed by atoms with E-state index in [2.05, 4.69) is 25.8 Å². The molecule has 0 aliphatic rings. The van der Waals surface area contributed by atoms with Gasteiger partial charge in [0.05, 0.1) is 0 Å². The highest BCUT2D eigenvalue weighted by Crippen LogP contribution is 2.14. The van der Waals surface area contributed by atoms with Gasteiger partial charge >= 0.3 is 0 Å². The Morgan fingerprint density at radius 1 is 1.29 bits per heavy atom. The van der Waals surface area contributed by atoms with Gasteiger partial charge in [-0.25, -0.2) is 4.39 Å². The second-order valence-electron chi connectivity index (χ2n) is 4.52. The molecule has 0 spiro atoms. The number of hydrogen-bond acceptors (Lipinski definition) is 2. The van der Waals surface area contributed by atoms with Crippen LogP contribution in [0.25, 0.3) is 0 Å². The zero-order valence-corrected chi connectivity index (χ0v) is 11.0. The van der Waals surface area contributed by atoms with Crippen molar-refractivity contribution in [3.05, 3.63) is 35.1 Å². The Balaban J connectivity index is 2.74. The third kappa shape index (κ3) is 3.79. The molecule has 0 saturated carbocycles. The molecule has 0 bridgehead atoms. The van der Waals surface area contributed by atoms with Gasteiger partial charge in [0.2, 0.25) is 0 Å². The lowest BCUT2D eigenvalue weighted by Crippen LogP contribution is -2.30. The molecule has 0 aliphatic carbocycles. The predicted molar refractivity (Wildman–Crippen MR) is 70.1 cm³/mol. The van der Waals surface area contributed by atoms with E-state index in [9.17, 15) is 4.39 Å². The number of halogens is 1. The summed E-state index contributed by atoms with van der Waals surface area (Å²) in [5, 5.41) is 0. The number of benzene rings is 1. The number of hydrogen-bond donors (Lipinski definition) is 1. The van der Waals surface area contributed by atoms with Gasteiger partial charge in [0, 0.05) is 24.7 Å². The maximum atomic E-state index is 13.3. The molecule has 0 atom stereocenters. The minimum atomic E-state index is -0.207. The fraction of sp³-hybridized carbons (Fsp3) is 0.571. The van der Waals surface area contributed by atoms with Gasteiger partial charge in [-0.1, -0.05) is 26.0 Å². The fourth-order valence-corrected chi connectivity index (χ4v) is 2.21. The Morgan fingerprint density at radius 2 is 1.94 bits per heavy atom. The summed E-state index contributed by atoms with van der Waals surface area (Å²) in [6.07, 6.45) is 2.27. The van der Waals surface area contributed by atoms with Crippen LogP contribution in [0.1, 0.15) is 37.8 Å². The average Bonchev–Trinajstić information content (AvgIpc) is 2.33. The molecule has 2 N–H and O–H groups in total.